The van der Waals surface area contributed by atoms with Gasteiger partial charge in [0.15, 0.2) is 0 Å². The lowest BCUT2D eigenvalue weighted by molar-refractivity contribution is 0.566. The smallest absolute Gasteiger partial charge is 0.130 e. The van der Waals surface area contributed by atoms with Crippen LogP contribution in [0.25, 0.3) is 0 Å². The zero-order valence-corrected chi connectivity index (χ0v) is 13.0. The Bertz CT molecular complexity index is 579. The van der Waals surface area contributed by atoms with Crippen molar-refractivity contribution in [3.05, 3.63) is 65.2 Å². The quantitative estimate of drug-likeness (QED) is 0.773. The number of halogens is 2. The van der Waals surface area contributed by atoms with Crippen LogP contribution in [0.15, 0.2) is 47.4 Å². The molecule has 0 aliphatic heterocycles. The Kier molecular flexibility index (Phi) is 5.76. The summed E-state index contributed by atoms with van der Waals surface area (Å²) < 4.78 is 27.2. The molecule has 2 aromatic rings. The fourth-order valence-corrected chi connectivity index (χ4v) is 2.89. The van der Waals surface area contributed by atoms with E-state index in [1.165, 1.54) is 35.5 Å². The Balaban J connectivity index is 2.01. The number of hydrogen-bond donors (Lipinski definition) is 1. The summed E-state index contributed by atoms with van der Waals surface area (Å²) >= 11 is 1.44. The maximum absolute atomic E-state index is 13.6. The average Bonchev–Trinajstić information content (AvgIpc) is 2.45. The van der Waals surface area contributed by atoms with Crippen molar-refractivity contribution in [2.75, 3.05) is 0 Å². The maximum Gasteiger partial charge on any atom is 0.130 e. The molecule has 112 valence electrons. The van der Waals surface area contributed by atoms with Gasteiger partial charge < -0.3 is 5.32 Å². The first-order chi connectivity index (χ1) is 10.1. The predicted octanol–water partition coefficient (Wildman–Crippen LogP) is 4.76. The third-order valence-electron chi connectivity index (χ3n) is 3.06. The zero-order valence-electron chi connectivity index (χ0n) is 12.2. The van der Waals surface area contributed by atoms with Gasteiger partial charge in [-0.25, -0.2) is 8.78 Å². The molecule has 2 rings (SSSR count). The van der Waals surface area contributed by atoms with Crippen LogP contribution in [0, 0.1) is 11.6 Å². The van der Waals surface area contributed by atoms with Gasteiger partial charge in [0.1, 0.15) is 11.6 Å². The molecule has 0 aliphatic carbocycles. The van der Waals surface area contributed by atoms with Gasteiger partial charge in [0.05, 0.1) is 0 Å². The molecule has 0 radical (unpaired) electrons. The summed E-state index contributed by atoms with van der Waals surface area (Å²) in [7, 11) is 0. The fraction of sp³-hybridized carbons (Fsp3) is 0.294. The van der Waals surface area contributed by atoms with E-state index in [9.17, 15) is 8.78 Å². The summed E-state index contributed by atoms with van der Waals surface area (Å²) in [5, 5.41) is 3.35. The van der Waals surface area contributed by atoms with Gasteiger partial charge in [-0.2, -0.15) is 0 Å². The van der Waals surface area contributed by atoms with E-state index in [0.29, 0.717) is 11.8 Å². The average molecular weight is 307 g/mol. The second kappa shape index (κ2) is 7.57. The third kappa shape index (κ3) is 4.83. The molecule has 0 amide bonds. The SMILES string of the molecule is CC(C)NCc1cccc(SCc2c(F)cccc2F)c1. The predicted molar refractivity (Wildman–Crippen MR) is 84.3 cm³/mol. The molecular formula is C17H19F2NS. The van der Waals surface area contributed by atoms with Crippen molar-refractivity contribution in [1.82, 2.24) is 5.32 Å². The minimum Gasteiger partial charge on any atom is -0.310 e. The molecule has 0 aromatic heterocycles. The van der Waals surface area contributed by atoms with E-state index >= 15 is 0 Å². The minimum atomic E-state index is -0.486. The van der Waals surface area contributed by atoms with E-state index in [1.54, 1.807) is 0 Å². The van der Waals surface area contributed by atoms with E-state index < -0.39 is 11.6 Å². The largest absolute Gasteiger partial charge is 0.310 e. The van der Waals surface area contributed by atoms with Crippen LogP contribution in [0.1, 0.15) is 25.0 Å². The third-order valence-corrected chi connectivity index (χ3v) is 4.08. The van der Waals surface area contributed by atoms with Gasteiger partial charge in [0.2, 0.25) is 0 Å². The van der Waals surface area contributed by atoms with E-state index in [0.717, 1.165) is 11.4 Å². The van der Waals surface area contributed by atoms with Crippen molar-refractivity contribution >= 4 is 11.8 Å². The molecule has 0 heterocycles. The molecule has 21 heavy (non-hydrogen) atoms. The molecule has 1 nitrogen and oxygen atoms in total. The molecule has 0 unspecified atom stereocenters. The van der Waals surface area contributed by atoms with Crippen LogP contribution >= 0.6 is 11.8 Å². The number of rotatable bonds is 6. The highest BCUT2D eigenvalue weighted by Gasteiger charge is 2.08. The van der Waals surface area contributed by atoms with Crippen molar-refractivity contribution in [2.45, 2.75) is 37.1 Å². The molecule has 4 heteroatoms. The lowest BCUT2D eigenvalue weighted by Crippen LogP contribution is -2.21. The minimum absolute atomic E-state index is 0.133. The van der Waals surface area contributed by atoms with Gasteiger partial charge >= 0.3 is 0 Å². The highest BCUT2D eigenvalue weighted by Crippen LogP contribution is 2.26. The first kappa shape index (κ1) is 16.0. The normalized spacial score (nSPS) is 11.1. The summed E-state index contributed by atoms with van der Waals surface area (Å²) in [6.07, 6.45) is 0. The van der Waals surface area contributed by atoms with Crippen LogP contribution in [0.2, 0.25) is 0 Å². The lowest BCUT2D eigenvalue weighted by atomic mass is 10.2. The number of benzene rings is 2. The highest BCUT2D eigenvalue weighted by molar-refractivity contribution is 7.98. The summed E-state index contributed by atoms with van der Waals surface area (Å²) in [4.78, 5) is 1.01. The Morgan fingerprint density at radius 1 is 1.05 bits per heavy atom. The first-order valence-corrected chi connectivity index (χ1v) is 7.93. The van der Waals surface area contributed by atoms with Gasteiger partial charge in [-0.15, -0.1) is 11.8 Å². The monoisotopic (exact) mass is 307 g/mol. The zero-order chi connectivity index (χ0) is 15.2. The second-order valence-electron chi connectivity index (χ2n) is 5.17. The Labute approximate surface area is 128 Å². The van der Waals surface area contributed by atoms with Crippen LogP contribution in [0.5, 0.6) is 0 Å². The van der Waals surface area contributed by atoms with E-state index in [4.69, 9.17) is 0 Å². The standard InChI is InChI=1S/C17H19F2NS/c1-12(2)20-10-13-5-3-6-14(9-13)21-11-15-16(18)7-4-8-17(15)19/h3-9,12,20H,10-11H2,1-2H3. The number of hydrogen-bond acceptors (Lipinski definition) is 2. The highest BCUT2D eigenvalue weighted by atomic mass is 32.2. The molecule has 0 fully saturated rings. The van der Waals surface area contributed by atoms with E-state index in [1.807, 2.05) is 18.2 Å². The molecular weight excluding hydrogens is 288 g/mol. The summed E-state index contributed by atoms with van der Waals surface area (Å²) in [5.74, 6) is -0.681. The molecule has 0 atom stereocenters. The van der Waals surface area contributed by atoms with Crippen molar-refractivity contribution < 1.29 is 8.78 Å². The van der Waals surface area contributed by atoms with Crippen molar-refractivity contribution in [3.8, 4) is 0 Å². The molecule has 0 saturated heterocycles. The molecule has 0 spiro atoms. The van der Waals surface area contributed by atoms with Crippen LogP contribution in [0.4, 0.5) is 8.78 Å². The molecule has 1 N–H and O–H groups in total. The summed E-state index contributed by atoms with van der Waals surface area (Å²) in [6, 6.07) is 12.4. The van der Waals surface area contributed by atoms with E-state index in [-0.39, 0.29) is 5.56 Å². The van der Waals surface area contributed by atoms with Gasteiger partial charge in [-0.3, -0.25) is 0 Å². The lowest BCUT2D eigenvalue weighted by Gasteiger charge is -2.10. The fourth-order valence-electron chi connectivity index (χ4n) is 1.89. The van der Waals surface area contributed by atoms with Gasteiger partial charge in [0, 0.05) is 28.8 Å². The molecule has 0 aliphatic rings. The van der Waals surface area contributed by atoms with Gasteiger partial charge in [0.25, 0.3) is 0 Å². The van der Waals surface area contributed by atoms with Gasteiger partial charge in [-0.1, -0.05) is 32.0 Å². The maximum atomic E-state index is 13.6. The number of thioether (sulfide) groups is 1. The summed E-state index contributed by atoms with van der Waals surface area (Å²) in [6.45, 7) is 4.99. The molecule has 2 aromatic carbocycles. The van der Waals surface area contributed by atoms with Gasteiger partial charge in [-0.05, 0) is 29.8 Å². The second-order valence-corrected chi connectivity index (χ2v) is 6.22. The Hall–Kier alpha value is -1.39. The van der Waals surface area contributed by atoms with Crippen LogP contribution in [-0.2, 0) is 12.3 Å². The molecule has 0 saturated carbocycles. The van der Waals surface area contributed by atoms with Crippen LogP contribution in [-0.4, -0.2) is 6.04 Å². The topological polar surface area (TPSA) is 12.0 Å². The Morgan fingerprint density at radius 2 is 1.71 bits per heavy atom. The summed E-state index contributed by atoms with van der Waals surface area (Å²) in [5.41, 5.74) is 1.30. The van der Waals surface area contributed by atoms with Crippen LogP contribution in [0.3, 0.4) is 0 Å². The van der Waals surface area contributed by atoms with Crippen LogP contribution < -0.4 is 5.32 Å². The van der Waals surface area contributed by atoms with Crippen molar-refractivity contribution in [3.63, 3.8) is 0 Å². The Morgan fingerprint density at radius 3 is 2.38 bits per heavy atom. The van der Waals surface area contributed by atoms with Crippen molar-refractivity contribution in [2.24, 2.45) is 0 Å². The first-order valence-electron chi connectivity index (χ1n) is 6.94. The van der Waals surface area contributed by atoms with E-state index in [2.05, 4.69) is 25.2 Å². The van der Waals surface area contributed by atoms with Crippen molar-refractivity contribution in [1.29, 1.82) is 0 Å². The molecule has 0 bridgehead atoms. The number of nitrogens with one attached hydrogen (secondary N) is 1.